The van der Waals surface area contributed by atoms with E-state index in [1.54, 1.807) is 11.8 Å². The van der Waals surface area contributed by atoms with Gasteiger partial charge in [0.25, 0.3) is 0 Å². The van der Waals surface area contributed by atoms with Crippen LogP contribution in [0.25, 0.3) is 0 Å². The van der Waals surface area contributed by atoms with Crippen molar-refractivity contribution < 1.29 is 0 Å². The van der Waals surface area contributed by atoms with Crippen LogP contribution >= 0.6 is 11.8 Å². The maximum absolute atomic E-state index is 6.03. The fourth-order valence-electron chi connectivity index (χ4n) is 1.70. The van der Waals surface area contributed by atoms with Gasteiger partial charge in [-0.1, -0.05) is 43.0 Å². The van der Waals surface area contributed by atoms with E-state index in [-0.39, 0.29) is 6.04 Å². The van der Waals surface area contributed by atoms with Gasteiger partial charge in [0.05, 0.1) is 0 Å². The van der Waals surface area contributed by atoms with Gasteiger partial charge >= 0.3 is 0 Å². The maximum atomic E-state index is 6.03. The zero-order chi connectivity index (χ0) is 12.8. The van der Waals surface area contributed by atoms with E-state index in [1.165, 1.54) is 10.5 Å². The van der Waals surface area contributed by atoms with Crippen molar-refractivity contribution in [2.24, 2.45) is 5.73 Å². The zero-order valence-electron chi connectivity index (χ0n) is 10.5. The van der Waals surface area contributed by atoms with E-state index in [0.717, 1.165) is 17.9 Å². The van der Waals surface area contributed by atoms with Gasteiger partial charge in [0.1, 0.15) is 5.03 Å². The van der Waals surface area contributed by atoms with Crippen LogP contribution < -0.4 is 5.73 Å². The molecule has 0 fully saturated rings. The number of nitrogens with zero attached hydrogens (tertiary/aromatic N) is 1. The van der Waals surface area contributed by atoms with E-state index in [0.29, 0.717) is 0 Å². The Kier molecular flexibility index (Phi) is 4.79. The van der Waals surface area contributed by atoms with Gasteiger partial charge < -0.3 is 5.73 Å². The lowest BCUT2D eigenvalue weighted by Gasteiger charge is -2.12. The summed E-state index contributed by atoms with van der Waals surface area (Å²) in [5.41, 5.74) is 7.27. The summed E-state index contributed by atoms with van der Waals surface area (Å²) in [5, 5.41) is 1.06. The first-order valence-electron chi connectivity index (χ1n) is 6.22. The first-order chi connectivity index (χ1) is 8.79. The molecule has 2 nitrogen and oxygen atoms in total. The Morgan fingerprint density at radius 3 is 2.67 bits per heavy atom. The van der Waals surface area contributed by atoms with E-state index in [2.05, 4.69) is 30.1 Å². The Balaban J connectivity index is 2.17. The van der Waals surface area contributed by atoms with Crippen molar-refractivity contribution in [1.82, 2.24) is 4.98 Å². The summed E-state index contributed by atoms with van der Waals surface area (Å²) in [5.74, 6) is 0. The van der Waals surface area contributed by atoms with Crippen LogP contribution in [0.5, 0.6) is 0 Å². The first kappa shape index (κ1) is 13.1. The highest BCUT2D eigenvalue weighted by Crippen LogP contribution is 2.28. The molecule has 0 aliphatic carbocycles. The fraction of sp³-hybridized carbons (Fsp3) is 0.267. The Morgan fingerprint density at radius 2 is 1.94 bits per heavy atom. The Morgan fingerprint density at radius 1 is 1.17 bits per heavy atom. The third-order valence-electron chi connectivity index (χ3n) is 2.81. The van der Waals surface area contributed by atoms with Gasteiger partial charge in [-0.15, -0.1) is 0 Å². The molecule has 1 aromatic carbocycles. The number of hydrogen-bond donors (Lipinski definition) is 1. The number of benzene rings is 1. The predicted molar refractivity (Wildman–Crippen MR) is 76.8 cm³/mol. The summed E-state index contributed by atoms with van der Waals surface area (Å²) in [7, 11) is 0. The molecule has 0 aliphatic heterocycles. The molecule has 2 N–H and O–H groups in total. The van der Waals surface area contributed by atoms with Gasteiger partial charge in [-0.3, -0.25) is 0 Å². The summed E-state index contributed by atoms with van der Waals surface area (Å²) in [6.07, 6.45) is 3.72. The minimum atomic E-state index is 0.212. The Labute approximate surface area is 113 Å². The van der Waals surface area contributed by atoms with Crippen molar-refractivity contribution in [3.05, 3.63) is 54.2 Å². The molecule has 0 saturated heterocycles. The van der Waals surface area contributed by atoms with Crippen LogP contribution in [0.15, 0.2) is 58.6 Å². The normalized spacial score (nSPS) is 12.3. The molecule has 2 aromatic rings. The molecule has 1 unspecified atom stereocenters. The van der Waals surface area contributed by atoms with Gasteiger partial charge in [0, 0.05) is 17.1 Å². The lowest BCUT2D eigenvalue weighted by molar-refractivity contribution is 0.637. The van der Waals surface area contributed by atoms with E-state index >= 15 is 0 Å². The third-order valence-corrected chi connectivity index (χ3v) is 3.88. The minimum Gasteiger partial charge on any atom is -0.327 e. The lowest BCUT2D eigenvalue weighted by atomic mass is 10.1. The van der Waals surface area contributed by atoms with Crippen LogP contribution in [0.1, 0.15) is 18.9 Å². The van der Waals surface area contributed by atoms with Crippen LogP contribution in [0.3, 0.4) is 0 Å². The van der Waals surface area contributed by atoms with Crippen molar-refractivity contribution in [2.45, 2.75) is 35.7 Å². The monoisotopic (exact) mass is 258 g/mol. The van der Waals surface area contributed by atoms with Crippen LogP contribution in [0.4, 0.5) is 0 Å². The summed E-state index contributed by atoms with van der Waals surface area (Å²) in [6, 6.07) is 14.6. The van der Waals surface area contributed by atoms with Crippen molar-refractivity contribution in [3.8, 4) is 0 Å². The Hall–Kier alpha value is -1.32. The molecule has 0 bridgehead atoms. The van der Waals surface area contributed by atoms with Crippen molar-refractivity contribution in [3.63, 3.8) is 0 Å². The SMILES string of the molecule is CCC(N)Cc1cccnc1Sc1ccccc1. The van der Waals surface area contributed by atoms with Crippen LogP contribution in [-0.4, -0.2) is 11.0 Å². The summed E-state index contributed by atoms with van der Waals surface area (Å²) in [4.78, 5) is 5.68. The molecular weight excluding hydrogens is 240 g/mol. The molecule has 1 aromatic heterocycles. The van der Waals surface area contributed by atoms with Crippen LogP contribution in [0, 0.1) is 0 Å². The molecule has 2 rings (SSSR count). The molecule has 1 heterocycles. The standard InChI is InChI=1S/C15H18N2S/c1-2-13(16)11-12-7-6-10-17-15(12)18-14-8-4-3-5-9-14/h3-10,13H,2,11,16H2,1H3. The molecule has 0 aliphatic rings. The third kappa shape index (κ3) is 3.59. The molecule has 3 heteroatoms. The predicted octanol–water partition coefficient (Wildman–Crippen LogP) is 3.51. The summed E-state index contributed by atoms with van der Waals surface area (Å²) < 4.78 is 0. The molecular formula is C15H18N2S. The van der Waals surface area contributed by atoms with Crippen LogP contribution in [-0.2, 0) is 6.42 Å². The number of nitrogens with two attached hydrogens (primary N) is 1. The Bertz CT molecular complexity index is 485. The highest BCUT2D eigenvalue weighted by atomic mass is 32.2. The second-order valence-corrected chi connectivity index (χ2v) is 5.32. The molecule has 0 saturated carbocycles. The highest BCUT2D eigenvalue weighted by Gasteiger charge is 2.08. The average molecular weight is 258 g/mol. The topological polar surface area (TPSA) is 38.9 Å². The molecule has 18 heavy (non-hydrogen) atoms. The van der Waals surface area contributed by atoms with E-state index < -0.39 is 0 Å². The van der Waals surface area contributed by atoms with Crippen molar-refractivity contribution in [2.75, 3.05) is 0 Å². The number of hydrogen-bond acceptors (Lipinski definition) is 3. The van der Waals surface area contributed by atoms with Gasteiger partial charge in [-0.25, -0.2) is 4.98 Å². The number of pyridine rings is 1. The van der Waals surface area contributed by atoms with E-state index in [4.69, 9.17) is 5.73 Å². The van der Waals surface area contributed by atoms with Crippen molar-refractivity contribution >= 4 is 11.8 Å². The largest absolute Gasteiger partial charge is 0.327 e. The molecule has 0 spiro atoms. The second kappa shape index (κ2) is 6.57. The number of rotatable bonds is 5. The molecule has 94 valence electrons. The highest BCUT2D eigenvalue weighted by molar-refractivity contribution is 7.99. The second-order valence-electron chi connectivity index (χ2n) is 4.26. The van der Waals surface area contributed by atoms with E-state index in [9.17, 15) is 0 Å². The molecule has 1 atom stereocenters. The maximum Gasteiger partial charge on any atom is 0.104 e. The van der Waals surface area contributed by atoms with Gasteiger partial charge in [0.2, 0.25) is 0 Å². The zero-order valence-corrected chi connectivity index (χ0v) is 11.4. The molecule has 0 amide bonds. The first-order valence-corrected chi connectivity index (χ1v) is 7.03. The fourth-order valence-corrected chi connectivity index (χ4v) is 2.61. The smallest absolute Gasteiger partial charge is 0.104 e. The van der Waals surface area contributed by atoms with Crippen molar-refractivity contribution in [1.29, 1.82) is 0 Å². The minimum absolute atomic E-state index is 0.212. The lowest BCUT2D eigenvalue weighted by Crippen LogP contribution is -2.21. The van der Waals surface area contributed by atoms with Gasteiger partial charge in [-0.2, -0.15) is 0 Å². The summed E-state index contributed by atoms with van der Waals surface area (Å²) in [6.45, 7) is 2.12. The quantitative estimate of drug-likeness (QED) is 0.892. The van der Waals surface area contributed by atoms with Crippen LogP contribution in [0.2, 0.25) is 0 Å². The van der Waals surface area contributed by atoms with Gasteiger partial charge in [0.15, 0.2) is 0 Å². The van der Waals surface area contributed by atoms with Gasteiger partial charge in [-0.05, 0) is 36.6 Å². The van der Waals surface area contributed by atoms with E-state index in [1.807, 2.05) is 30.5 Å². The average Bonchev–Trinajstić information content (AvgIpc) is 2.42. The molecule has 0 radical (unpaired) electrons. The summed E-state index contributed by atoms with van der Waals surface area (Å²) >= 11 is 1.70. The number of aromatic nitrogens is 1.